The second-order valence-corrected chi connectivity index (χ2v) is 10.4. The van der Waals surface area contributed by atoms with Gasteiger partial charge >= 0.3 is 0 Å². The van der Waals surface area contributed by atoms with E-state index in [1.54, 1.807) is 7.05 Å². The topological polar surface area (TPSA) is 140 Å². The molecule has 0 saturated carbocycles. The summed E-state index contributed by atoms with van der Waals surface area (Å²) in [7, 11) is 3.57. The predicted molar refractivity (Wildman–Crippen MR) is 162 cm³/mol. The summed E-state index contributed by atoms with van der Waals surface area (Å²) in [5.74, 6) is -1.37. The molecule has 43 heavy (non-hydrogen) atoms. The van der Waals surface area contributed by atoms with Gasteiger partial charge in [0.2, 0.25) is 5.91 Å². The molecule has 228 valence electrons. The van der Waals surface area contributed by atoms with Crippen molar-refractivity contribution in [3.05, 3.63) is 76.0 Å². The number of aryl methyl sites for hydroxylation is 1. The molecule has 1 aliphatic rings. The predicted octanol–water partition coefficient (Wildman–Crippen LogP) is 3.45. The Balaban J connectivity index is 0.000000541. The Morgan fingerprint density at radius 2 is 1.70 bits per heavy atom. The largest absolute Gasteiger partial charge is 0.368 e. The SMILES string of the molecule is CC(C)c1nc2c(N3CCCC3)c(NC(=O)c3ccc(=O)n(-c4c(F)cccc4F)n3)ccc2n1C.CNC(=O)CCN. The van der Waals surface area contributed by atoms with E-state index in [0.29, 0.717) is 23.3 Å². The Kier molecular flexibility index (Phi) is 9.86. The van der Waals surface area contributed by atoms with Crippen molar-refractivity contribution in [2.45, 2.75) is 39.0 Å². The maximum Gasteiger partial charge on any atom is 0.276 e. The van der Waals surface area contributed by atoms with Gasteiger partial charge in [-0.2, -0.15) is 9.78 Å². The van der Waals surface area contributed by atoms with Gasteiger partial charge < -0.3 is 25.8 Å². The van der Waals surface area contributed by atoms with E-state index in [0.717, 1.165) is 66.7 Å². The van der Waals surface area contributed by atoms with Gasteiger partial charge in [0.25, 0.3) is 11.5 Å². The zero-order valence-electron chi connectivity index (χ0n) is 24.7. The molecule has 0 radical (unpaired) electrons. The number of hydrogen-bond acceptors (Lipinski definition) is 7. The Bertz CT molecular complexity index is 1670. The first-order valence-corrected chi connectivity index (χ1v) is 14.1. The van der Waals surface area contributed by atoms with Gasteiger partial charge in [-0.1, -0.05) is 19.9 Å². The molecule has 0 aliphatic carbocycles. The van der Waals surface area contributed by atoms with Crippen molar-refractivity contribution in [3.8, 4) is 5.69 Å². The minimum atomic E-state index is -0.958. The van der Waals surface area contributed by atoms with E-state index in [-0.39, 0.29) is 17.5 Å². The molecule has 0 unspecified atom stereocenters. The number of para-hydroxylation sites is 1. The number of nitrogens with one attached hydrogen (secondary N) is 2. The third kappa shape index (κ3) is 6.72. The number of rotatable bonds is 7. The van der Waals surface area contributed by atoms with E-state index in [4.69, 9.17) is 10.7 Å². The fourth-order valence-electron chi connectivity index (χ4n) is 4.97. The number of benzene rings is 2. The molecule has 1 aliphatic heterocycles. The normalized spacial score (nSPS) is 12.8. The van der Waals surface area contributed by atoms with Crippen molar-refractivity contribution in [1.82, 2.24) is 24.6 Å². The Morgan fingerprint density at radius 1 is 1.02 bits per heavy atom. The van der Waals surface area contributed by atoms with E-state index in [1.807, 2.05) is 19.2 Å². The molecular formula is C30H36F2N8O3. The first-order chi connectivity index (χ1) is 20.6. The summed E-state index contributed by atoms with van der Waals surface area (Å²) in [6.07, 6.45) is 2.50. The first-order valence-electron chi connectivity index (χ1n) is 14.1. The van der Waals surface area contributed by atoms with Crippen molar-refractivity contribution in [2.75, 3.05) is 36.9 Å². The molecule has 2 aromatic heterocycles. The van der Waals surface area contributed by atoms with Crippen LogP contribution in [-0.2, 0) is 11.8 Å². The molecule has 13 heteroatoms. The Morgan fingerprint density at radius 3 is 2.28 bits per heavy atom. The molecule has 4 N–H and O–H groups in total. The van der Waals surface area contributed by atoms with Crippen LogP contribution in [0.1, 0.15) is 55.3 Å². The third-order valence-electron chi connectivity index (χ3n) is 7.08. The smallest absolute Gasteiger partial charge is 0.276 e. The average molecular weight is 595 g/mol. The van der Waals surface area contributed by atoms with E-state index >= 15 is 0 Å². The van der Waals surface area contributed by atoms with Gasteiger partial charge in [-0.25, -0.2) is 13.8 Å². The monoisotopic (exact) mass is 594 g/mol. The van der Waals surface area contributed by atoms with Crippen molar-refractivity contribution in [1.29, 1.82) is 0 Å². The van der Waals surface area contributed by atoms with Gasteiger partial charge in [-0.3, -0.25) is 14.4 Å². The third-order valence-corrected chi connectivity index (χ3v) is 7.08. The molecule has 2 aromatic carbocycles. The number of hydrogen-bond donors (Lipinski definition) is 3. The van der Waals surface area contributed by atoms with Gasteiger partial charge in [0.1, 0.15) is 22.7 Å². The highest BCUT2D eigenvalue weighted by molar-refractivity contribution is 6.08. The van der Waals surface area contributed by atoms with Crippen LogP contribution in [0.3, 0.4) is 0 Å². The quantitative estimate of drug-likeness (QED) is 0.298. The minimum Gasteiger partial charge on any atom is -0.368 e. The van der Waals surface area contributed by atoms with Gasteiger partial charge in [-0.15, -0.1) is 0 Å². The minimum absolute atomic E-state index is 0.00231. The highest BCUT2D eigenvalue weighted by atomic mass is 19.1. The summed E-state index contributed by atoms with van der Waals surface area (Å²) in [6, 6.07) is 9.27. The number of nitrogens with two attached hydrogens (primary N) is 1. The lowest BCUT2D eigenvalue weighted by Gasteiger charge is -2.22. The fourth-order valence-corrected chi connectivity index (χ4v) is 4.97. The summed E-state index contributed by atoms with van der Waals surface area (Å²) in [4.78, 5) is 42.9. The van der Waals surface area contributed by atoms with Crippen LogP contribution >= 0.6 is 0 Å². The average Bonchev–Trinajstić information content (AvgIpc) is 3.62. The molecule has 1 saturated heterocycles. The van der Waals surface area contributed by atoms with Crippen LogP contribution in [0.4, 0.5) is 20.2 Å². The lowest BCUT2D eigenvalue weighted by Crippen LogP contribution is -2.27. The van der Waals surface area contributed by atoms with E-state index < -0.39 is 28.8 Å². The standard InChI is InChI=1S/C26H26F2N6O2.C4H10N2O/c1-15(2)25-30-22-20(32(25)3)11-9-18(24(22)33-13-4-5-14-33)29-26(36)19-10-12-21(35)34(31-19)23-16(27)7-6-8-17(23)28;1-6-4(7)2-3-5/h6-12,15H,4-5,13-14H2,1-3H3,(H,29,36);2-3,5H2,1H3,(H,6,7). The van der Waals surface area contributed by atoms with Crippen LogP contribution in [0.5, 0.6) is 0 Å². The van der Waals surface area contributed by atoms with Crippen molar-refractivity contribution < 1.29 is 18.4 Å². The van der Waals surface area contributed by atoms with E-state index in [9.17, 15) is 23.2 Å². The van der Waals surface area contributed by atoms with Gasteiger partial charge in [0, 0.05) is 52.1 Å². The second-order valence-electron chi connectivity index (χ2n) is 10.4. The Labute approximate surface area is 247 Å². The van der Waals surface area contributed by atoms with Gasteiger partial charge in [-0.05, 0) is 43.2 Å². The maximum absolute atomic E-state index is 14.3. The van der Waals surface area contributed by atoms with Crippen molar-refractivity contribution in [2.24, 2.45) is 12.8 Å². The Hall–Kier alpha value is -4.65. The lowest BCUT2D eigenvalue weighted by atomic mass is 10.2. The second kappa shape index (κ2) is 13.6. The molecule has 11 nitrogen and oxygen atoms in total. The molecular weight excluding hydrogens is 558 g/mol. The number of anilines is 2. The molecule has 0 bridgehead atoms. The fraction of sp³-hybridized carbons (Fsp3) is 0.367. The number of fused-ring (bicyclic) bond motifs is 1. The number of aromatic nitrogens is 4. The summed E-state index contributed by atoms with van der Waals surface area (Å²) < 4.78 is 31.2. The molecule has 3 heterocycles. The van der Waals surface area contributed by atoms with Crippen LogP contribution in [0, 0.1) is 11.6 Å². The summed E-state index contributed by atoms with van der Waals surface area (Å²) in [6.45, 7) is 6.27. The molecule has 1 fully saturated rings. The molecule has 2 amide bonds. The first kappa shape index (κ1) is 31.3. The summed E-state index contributed by atoms with van der Waals surface area (Å²) >= 11 is 0. The number of nitrogens with zero attached hydrogens (tertiary/aromatic N) is 5. The molecule has 4 aromatic rings. The highest BCUT2D eigenvalue weighted by Crippen LogP contribution is 2.37. The van der Waals surface area contributed by atoms with Crippen LogP contribution in [0.2, 0.25) is 0 Å². The van der Waals surface area contributed by atoms with Crippen LogP contribution in [0.25, 0.3) is 16.7 Å². The van der Waals surface area contributed by atoms with Crippen molar-refractivity contribution >= 4 is 34.2 Å². The number of halogens is 2. The summed E-state index contributed by atoms with van der Waals surface area (Å²) in [5, 5.41) is 9.30. The van der Waals surface area contributed by atoms with E-state index in [2.05, 4.69) is 39.0 Å². The maximum atomic E-state index is 14.3. The number of imidazole rings is 1. The molecule has 0 spiro atoms. The zero-order valence-corrected chi connectivity index (χ0v) is 24.7. The number of carbonyl (C=O) groups excluding carboxylic acids is 2. The molecule has 0 atom stereocenters. The van der Waals surface area contributed by atoms with Crippen LogP contribution in [-0.4, -0.2) is 57.8 Å². The van der Waals surface area contributed by atoms with Crippen molar-refractivity contribution in [3.63, 3.8) is 0 Å². The molecule has 5 rings (SSSR count). The summed E-state index contributed by atoms with van der Waals surface area (Å²) in [5.41, 5.74) is 6.63. The van der Waals surface area contributed by atoms with E-state index in [1.165, 1.54) is 12.1 Å². The van der Waals surface area contributed by atoms with Gasteiger partial charge in [0.15, 0.2) is 11.6 Å². The van der Waals surface area contributed by atoms with Crippen LogP contribution < -0.4 is 26.8 Å². The lowest BCUT2D eigenvalue weighted by molar-refractivity contribution is -0.120. The zero-order chi connectivity index (χ0) is 31.3. The van der Waals surface area contributed by atoms with Crippen LogP contribution in [0.15, 0.2) is 47.3 Å². The van der Waals surface area contributed by atoms with Gasteiger partial charge in [0.05, 0.1) is 16.9 Å². The highest BCUT2D eigenvalue weighted by Gasteiger charge is 2.25. The number of carbonyl (C=O) groups is 2. The number of amides is 2.